The number of benzene rings is 3. The lowest BCUT2D eigenvalue weighted by molar-refractivity contribution is -0.129. The summed E-state index contributed by atoms with van der Waals surface area (Å²) in [5, 5.41) is 0.583. The van der Waals surface area contributed by atoms with Crippen LogP contribution in [0.15, 0.2) is 77.4 Å². The van der Waals surface area contributed by atoms with Crippen LogP contribution in [0.4, 0.5) is 4.39 Å². The highest BCUT2D eigenvalue weighted by Crippen LogP contribution is 2.23. The molecule has 0 N–H and O–H groups in total. The third-order valence-electron chi connectivity index (χ3n) is 4.54. The third-order valence-corrected chi connectivity index (χ3v) is 4.95. The maximum absolute atomic E-state index is 12.9. The molecule has 0 unspecified atom stereocenters. The lowest BCUT2D eigenvalue weighted by atomic mass is 10.1. The molecule has 3 aromatic carbocycles. The minimum Gasteiger partial charge on any atom is -0.489 e. The Hall–Kier alpha value is -3.44. The predicted molar refractivity (Wildman–Crippen MR) is 114 cm³/mol. The molecule has 0 saturated carbocycles. The topological polar surface area (TPSA) is 47.9 Å². The van der Waals surface area contributed by atoms with Crippen molar-refractivity contribution >= 4 is 29.5 Å². The van der Waals surface area contributed by atoms with Crippen molar-refractivity contribution < 1.29 is 18.7 Å². The summed E-state index contributed by atoms with van der Waals surface area (Å²) in [5.41, 5.74) is 3.44. The van der Waals surface area contributed by atoms with Crippen LogP contribution in [0.2, 0.25) is 5.02 Å². The fourth-order valence-electron chi connectivity index (χ4n) is 2.82. The molecule has 1 aliphatic heterocycles. The van der Waals surface area contributed by atoms with E-state index < -0.39 is 5.97 Å². The number of hydrogen-bond donors (Lipinski definition) is 0. The van der Waals surface area contributed by atoms with Crippen LogP contribution in [-0.2, 0) is 16.1 Å². The van der Waals surface area contributed by atoms with Gasteiger partial charge in [0.25, 0.3) is 0 Å². The molecule has 0 aliphatic carbocycles. The van der Waals surface area contributed by atoms with Gasteiger partial charge in [0.05, 0.1) is 0 Å². The minimum absolute atomic E-state index is 0.210. The predicted octanol–water partition coefficient (Wildman–Crippen LogP) is 5.71. The van der Waals surface area contributed by atoms with Gasteiger partial charge in [-0.1, -0.05) is 41.9 Å². The highest BCUT2D eigenvalue weighted by atomic mass is 35.5. The second-order valence-corrected chi connectivity index (χ2v) is 7.19. The summed E-state index contributed by atoms with van der Waals surface area (Å²) in [6.45, 7) is 2.23. The zero-order chi connectivity index (χ0) is 21.1. The van der Waals surface area contributed by atoms with E-state index in [1.165, 1.54) is 12.1 Å². The van der Waals surface area contributed by atoms with Gasteiger partial charge in [-0.3, -0.25) is 0 Å². The average Bonchev–Trinajstić information content (AvgIpc) is 3.11. The number of esters is 1. The fourth-order valence-corrected chi connectivity index (χ4v) is 3.00. The molecular weight excluding hydrogens is 405 g/mol. The largest absolute Gasteiger partial charge is 0.489 e. The van der Waals surface area contributed by atoms with E-state index >= 15 is 0 Å². The van der Waals surface area contributed by atoms with Gasteiger partial charge in [0.2, 0.25) is 5.90 Å². The van der Waals surface area contributed by atoms with Gasteiger partial charge < -0.3 is 9.47 Å². The summed E-state index contributed by atoms with van der Waals surface area (Å²) in [4.78, 5) is 16.5. The Balaban J connectivity index is 1.46. The average molecular weight is 422 g/mol. The number of ether oxygens (including phenoxy) is 2. The molecular formula is C24H17ClFNO3. The van der Waals surface area contributed by atoms with Crippen molar-refractivity contribution in [3.05, 3.63) is 106 Å². The highest BCUT2D eigenvalue weighted by Gasteiger charge is 2.24. The summed E-state index contributed by atoms with van der Waals surface area (Å²) in [6.07, 6.45) is 1.65. The number of carbonyl (C=O) groups is 1. The van der Waals surface area contributed by atoms with Crippen LogP contribution in [0.1, 0.15) is 22.3 Å². The van der Waals surface area contributed by atoms with E-state index in [2.05, 4.69) is 4.99 Å². The van der Waals surface area contributed by atoms with Crippen molar-refractivity contribution in [2.24, 2.45) is 4.99 Å². The summed E-state index contributed by atoms with van der Waals surface area (Å²) < 4.78 is 23.9. The van der Waals surface area contributed by atoms with Crippen molar-refractivity contribution in [3.63, 3.8) is 0 Å². The van der Waals surface area contributed by atoms with Crippen LogP contribution >= 0.6 is 11.6 Å². The van der Waals surface area contributed by atoms with Crippen LogP contribution in [0.3, 0.4) is 0 Å². The molecule has 0 atom stereocenters. The van der Waals surface area contributed by atoms with Gasteiger partial charge in [0, 0.05) is 10.6 Å². The Morgan fingerprint density at radius 2 is 1.80 bits per heavy atom. The van der Waals surface area contributed by atoms with E-state index in [1.807, 2.05) is 31.2 Å². The molecule has 0 spiro atoms. The molecule has 1 heterocycles. The monoisotopic (exact) mass is 421 g/mol. The molecule has 4 nitrogen and oxygen atoms in total. The molecule has 3 aromatic rings. The molecule has 6 heteroatoms. The zero-order valence-corrected chi connectivity index (χ0v) is 16.8. The summed E-state index contributed by atoms with van der Waals surface area (Å²) in [7, 11) is 0. The third kappa shape index (κ3) is 4.58. The first kappa shape index (κ1) is 19.9. The molecule has 0 saturated heterocycles. The first-order valence-corrected chi connectivity index (χ1v) is 9.62. The minimum atomic E-state index is -0.515. The number of cyclic esters (lactones) is 1. The molecule has 0 bridgehead atoms. The molecule has 150 valence electrons. The lowest BCUT2D eigenvalue weighted by Gasteiger charge is -2.06. The van der Waals surface area contributed by atoms with Crippen molar-refractivity contribution in [1.82, 2.24) is 0 Å². The van der Waals surface area contributed by atoms with Crippen LogP contribution in [0.5, 0.6) is 5.75 Å². The van der Waals surface area contributed by atoms with E-state index in [4.69, 9.17) is 21.1 Å². The van der Waals surface area contributed by atoms with E-state index in [1.54, 1.807) is 36.4 Å². The number of carbonyl (C=O) groups excluding carboxylic acids is 1. The number of halogens is 2. The fraction of sp³-hybridized carbons (Fsp3) is 0.0833. The van der Waals surface area contributed by atoms with E-state index in [-0.39, 0.29) is 17.4 Å². The normalized spacial score (nSPS) is 14.6. The summed E-state index contributed by atoms with van der Waals surface area (Å²) in [5.74, 6) is 0.0950. The Labute approximate surface area is 178 Å². The van der Waals surface area contributed by atoms with Crippen molar-refractivity contribution in [3.8, 4) is 5.75 Å². The van der Waals surface area contributed by atoms with Gasteiger partial charge in [0.1, 0.15) is 18.2 Å². The van der Waals surface area contributed by atoms with E-state index in [9.17, 15) is 9.18 Å². The Morgan fingerprint density at radius 3 is 2.50 bits per heavy atom. The second kappa shape index (κ2) is 8.51. The molecule has 30 heavy (non-hydrogen) atoms. The molecule has 0 radical (unpaired) electrons. The number of rotatable bonds is 5. The molecule has 0 aromatic heterocycles. The van der Waals surface area contributed by atoms with Gasteiger partial charge in [0.15, 0.2) is 5.70 Å². The van der Waals surface area contributed by atoms with Gasteiger partial charge in [-0.05, 0) is 66.1 Å². The van der Waals surface area contributed by atoms with Crippen molar-refractivity contribution in [2.45, 2.75) is 13.5 Å². The summed E-state index contributed by atoms with van der Waals surface area (Å²) >= 11 is 6.14. The van der Waals surface area contributed by atoms with Crippen LogP contribution in [0.25, 0.3) is 6.08 Å². The SMILES string of the molecule is Cc1ccc(C2=N/C(=C\c3ccc(OCc4ccc(F)cc4)cc3)C(=O)O2)cc1Cl. The number of aryl methyl sites for hydroxylation is 1. The smallest absolute Gasteiger partial charge is 0.363 e. The van der Waals surface area contributed by atoms with Crippen LogP contribution in [0, 0.1) is 12.7 Å². The lowest BCUT2D eigenvalue weighted by Crippen LogP contribution is -2.05. The molecule has 0 amide bonds. The van der Waals surface area contributed by atoms with Gasteiger partial charge in [-0.2, -0.15) is 0 Å². The zero-order valence-electron chi connectivity index (χ0n) is 16.1. The van der Waals surface area contributed by atoms with E-state index in [0.29, 0.717) is 22.9 Å². The molecule has 0 fully saturated rings. The Bertz CT molecular complexity index is 1150. The molecule has 1 aliphatic rings. The standard InChI is InChI=1S/C24H17ClFNO3/c1-15-2-7-18(13-21(15)25)23-27-22(24(28)30-23)12-16-5-10-20(11-6-16)29-14-17-3-8-19(26)9-4-17/h2-13H,14H2,1H3/b22-12-. The molecule has 4 rings (SSSR count). The number of hydrogen-bond acceptors (Lipinski definition) is 4. The number of aliphatic imine (C=N–C) groups is 1. The highest BCUT2D eigenvalue weighted by molar-refractivity contribution is 6.31. The maximum atomic E-state index is 12.9. The Kier molecular flexibility index (Phi) is 5.63. The second-order valence-electron chi connectivity index (χ2n) is 6.78. The van der Waals surface area contributed by atoms with Gasteiger partial charge in [-0.15, -0.1) is 0 Å². The number of nitrogens with zero attached hydrogens (tertiary/aromatic N) is 1. The van der Waals surface area contributed by atoms with E-state index in [0.717, 1.165) is 16.7 Å². The quantitative estimate of drug-likeness (QED) is 0.391. The van der Waals surface area contributed by atoms with Crippen LogP contribution in [-0.4, -0.2) is 11.9 Å². The first-order valence-electron chi connectivity index (χ1n) is 9.24. The first-order chi connectivity index (χ1) is 14.5. The van der Waals surface area contributed by atoms with Crippen LogP contribution < -0.4 is 4.74 Å². The Morgan fingerprint density at radius 1 is 1.07 bits per heavy atom. The maximum Gasteiger partial charge on any atom is 0.363 e. The van der Waals surface area contributed by atoms with Gasteiger partial charge >= 0.3 is 5.97 Å². The van der Waals surface area contributed by atoms with Crippen molar-refractivity contribution in [1.29, 1.82) is 0 Å². The van der Waals surface area contributed by atoms with Crippen molar-refractivity contribution in [2.75, 3.05) is 0 Å². The van der Waals surface area contributed by atoms with Gasteiger partial charge in [-0.25, -0.2) is 14.2 Å². The summed E-state index contributed by atoms with van der Waals surface area (Å²) in [6, 6.07) is 18.7.